The summed E-state index contributed by atoms with van der Waals surface area (Å²) >= 11 is 0. The van der Waals surface area contributed by atoms with Crippen molar-refractivity contribution in [2.75, 3.05) is 7.11 Å². The van der Waals surface area contributed by atoms with Crippen molar-refractivity contribution >= 4 is 27.7 Å². The number of carbonyl (C=O) groups is 1. The van der Waals surface area contributed by atoms with E-state index in [0.717, 1.165) is 22.0 Å². The smallest absolute Gasteiger partial charge is 0.296 e. The Bertz CT molecular complexity index is 1600. The van der Waals surface area contributed by atoms with Crippen LogP contribution in [0.15, 0.2) is 77.6 Å². The summed E-state index contributed by atoms with van der Waals surface area (Å²) in [6.45, 7) is 2.28. The highest BCUT2D eigenvalue weighted by atomic mass is 16.5. The molecule has 34 heavy (non-hydrogen) atoms. The van der Waals surface area contributed by atoms with Gasteiger partial charge in [0.2, 0.25) is 0 Å². The minimum atomic E-state index is -0.356. The molecule has 0 aliphatic carbocycles. The van der Waals surface area contributed by atoms with Gasteiger partial charge in [-0.1, -0.05) is 48.0 Å². The lowest BCUT2D eigenvalue weighted by molar-refractivity contribution is 0.0946. The van der Waals surface area contributed by atoms with Gasteiger partial charge >= 0.3 is 0 Å². The molecule has 0 bridgehead atoms. The summed E-state index contributed by atoms with van der Waals surface area (Å²) in [7, 11) is 3.44. The number of nitrogens with zero attached hydrogens (tertiary/aromatic N) is 3. The molecular weight excluding hydrogens is 428 g/mol. The molecule has 0 aliphatic rings. The fourth-order valence-electron chi connectivity index (χ4n) is 4.25. The fraction of sp³-hybridized carbons (Fsp3) is 0.148. The van der Waals surface area contributed by atoms with Gasteiger partial charge in [0.05, 0.1) is 12.8 Å². The molecule has 170 valence electrons. The van der Waals surface area contributed by atoms with Crippen molar-refractivity contribution in [2.24, 2.45) is 7.05 Å². The van der Waals surface area contributed by atoms with E-state index in [0.29, 0.717) is 28.9 Å². The summed E-state index contributed by atoms with van der Waals surface area (Å²) < 4.78 is 8.41. The van der Waals surface area contributed by atoms with Crippen LogP contribution in [-0.4, -0.2) is 27.4 Å². The van der Waals surface area contributed by atoms with Crippen molar-refractivity contribution in [2.45, 2.75) is 13.5 Å². The SMILES string of the molecule is COc1cccc(CNC(=O)c2nn(-c3ccc(C)cc3)c(=O)c3c2c2ccccc2n3C)c1. The average molecular weight is 453 g/mol. The monoisotopic (exact) mass is 452 g/mol. The van der Waals surface area contributed by atoms with Crippen molar-refractivity contribution in [1.82, 2.24) is 19.7 Å². The lowest BCUT2D eigenvalue weighted by Crippen LogP contribution is -2.30. The lowest BCUT2D eigenvalue weighted by Gasteiger charge is -2.11. The van der Waals surface area contributed by atoms with Crippen LogP contribution in [0.1, 0.15) is 21.6 Å². The third-order valence-corrected chi connectivity index (χ3v) is 6.02. The van der Waals surface area contributed by atoms with Gasteiger partial charge in [0, 0.05) is 29.9 Å². The van der Waals surface area contributed by atoms with Crippen LogP contribution < -0.4 is 15.6 Å². The number of aromatic nitrogens is 3. The van der Waals surface area contributed by atoms with E-state index >= 15 is 0 Å². The van der Waals surface area contributed by atoms with E-state index in [9.17, 15) is 9.59 Å². The van der Waals surface area contributed by atoms with Crippen LogP contribution in [0.5, 0.6) is 5.75 Å². The number of carbonyl (C=O) groups excluding carboxylic acids is 1. The molecule has 0 saturated carbocycles. The van der Waals surface area contributed by atoms with E-state index in [1.165, 1.54) is 4.68 Å². The number of hydrogen-bond donors (Lipinski definition) is 1. The minimum Gasteiger partial charge on any atom is -0.497 e. The number of nitrogens with one attached hydrogen (secondary N) is 1. The maximum atomic E-state index is 13.6. The van der Waals surface area contributed by atoms with Gasteiger partial charge in [0.1, 0.15) is 11.3 Å². The number of benzene rings is 3. The topological polar surface area (TPSA) is 78.2 Å². The van der Waals surface area contributed by atoms with Crippen molar-refractivity contribution in [3.63, 3.8) is 0 Å². The van der Waals surface area contributed by atoms with Crippen LogP contribution in [0.2, 0.25) is 0 Å². The van der Waals surface area contributed by atoms with Gasteiger partial charge in [-0.25, -0.2) is 0 Å². The molecule has 0 aliphatic heterocycles. The summed E-state index contributed by atoms with van der Waals surface area (Å²) in [5.41, 5.74) is 3.79. The zero-order chi connectivity index (χ0) is 23.8. The van der Waals surface area contributed by atoms with Crippen LogP contribution in [-0.2, 0) is 13.6 Å². The molecule has 0 radical (unpaired) electrons. The van der Waals surface area contributed by atoms with Gasteiger partial charge in [0.15, 0.2) is 5.69 Å². The molecule has 2 heterocycles. The molecular formula is C27H24N4O3. The summed E-state index contributed by atoms with van der Waals surface area (Å²) in [5, 5.41) is 8.88. The third kappa shape index (κ3) is 3.61. The number of methoxy groups -OCH3 is 1. The molecule has 0 atom stereocenters. The van der Waals surface area contributed by atoms with Crippen LogP contribution in [0, 0.1) is 6.92 Å². The normalized spacial score (nSPS) is 11.1. The standard InChI is InChI=1S/C27H24N4O3/c1-17-11-13-19(14-12-17)31-27(33)25-23(21-9-4-5-10-22(21)30(25)2)24(29-31)26(32)28-16-18-7-6-8-20(15-18)34-3/h4-15H,16H2,1-3H3,(H,28,32). The molecule has 7 nitrogen and oxygen atoms in total. The lowest BCUT2D eigenvalue weighted by atomic mass is 10.1. The Morgan fingerprint density at radius 1 is 1.03 bits per heavy atom. The second-order valence-electron chi connectivity index (χ2n) is 8.24. The largest absolute Gasteiger partial charge is 0.497 e. The Balaban J connectivity index is 1.68. The quantitative estimate of drug-likeness (QED) is 0.435. The van der Waals surface area contributed by atoms with E-state index in [1.54, 1.807) is 7.11 Å². The highest BCUT2D eigenvalue weighted by Gasteiger charge is 2.23. The second-order valence-corrected chi connectivity index (χ2v) is 8.24. The molecule has 3 aromatic carbocycles. The molecule has 0 spiro atoms. The van der Waals surface area contributed by atoms with E-state index in [-0.39, 0.29) is 17.2 Å². The van der Waals surface area contributed by atoms with Gasteiger partial charge in [-0.3, -0.25) is 9.59 Å². The molecule has 2 aromatic heterocycles. The van der Waals surface area contributed by atoms with Crippen molar-refractivity contribution in [1.29, 1.82) is 0 Å². The van der Waals surface area contributed by atoms with Gasteiger partial charge in [-0.05, 0) is 42.8 Å². The van der Waals surface area contributed by atoms with Gasteiger partial charge in [0.25, 0.3) is 11.5 Å². The summed E-state index contributed by atoms with van der Waals surface area (Å²) in [6, 6.07) is 22.6. The minimum absolute atomic E-state index is 0.204. The highest BCUT2D eigenvalue weighted by molar-refractivity contribution is 6.16. The Morgan fingerprint density at radius 3 is 2.56 bits per heavy atom. The molecule has 1 amide bonds. The first-order valence-corrected chi connectivity index (χ1v) is 11.0. The van der Waals surface area contributed by atoms with Crippen LogP contribution in [0.25, 0.3) is 27.5 Å². The molecule has 5 rings (SSSR count). The van der Waals surface area contributed by atoms with E-state index < -0.39 is 0 Å². The van der Waals surface area contributed by atoms with Crippen LogP contribution >= 0.6 is 0 Å². The number of fused-ring (bicyclic) bond motifs is 3. The molecule has 0 saturated heterocycles. The first-order valence-electron chi connectivity index (χ1n) is 11.0. The van der Waals surface area contributed by atoms with E-state index in [2.05, 4.69) is 10.4 Å². The van der Waals surface area contributed by atoms with Crippen molar-refractivity contribution in [3.8, 4) is 11.4 Å². The summed E-state index contributed by atoms with van der Waals surface area (Å²) in [6.07, 6.45) is 0. The molecule has 0 fully saturated rings. The molecule has 0 unspecified atom stereocenters. The Kier molecular flexibility index (Phi) is 5.37. The predicted molar refractivity (Wildman–Crippen MR) is 133 cm³/mol. The maximum Gasteiger partial charge on any atom is 0.296 e. The molecule has 1 N–H and O–H groups in total. The van der Waals surface area contributed by atoms with E-state index in [1.807, 2.05) is 91.3 Å². The molecule has 7 heteroatoms. The number of rotatable bonds is 5. The average Bonchev–Trinajstić information content (AvgIpc) is 3.17. The second kappa shape index (κ2) is 8.51. The van der Waals surface area contributed by atoms with Gasteiger partial charge < -0.3 is 14.6 Å². The van der Waals surface area contributed by atoms with Crippen molar-refractivity contribution in [3.05, 3.63) is 100.0 Å². The zero-order valence-electron chi connectivity index (χ0n) is 19.2. The number of aryl methyl sites for hydroxylation is 2. The highest BCUT2D eigenvalue weighted by Crippen LogP contribution is 2.28. The van der Waals surface area contributed by atoms with Crippen molar-refractivity contribution < 1.29 is 9.53 Å². The third-order valence-electron chi connectivity index (χ3n) is 6.02. The van der Waals surface area contributed by atoms with Crippen LogP contribution in [0.3, 0.4) is 0 Å². The predicted octanol–water partition coefficient (Wildman–Crippen LogP) is 4.12. The number of hydrogen-bond acceptors (Lipinski definition) is 4. The fourth-order valence-corrected chi connectivity index (χ4v) is 4.25. The summed E-state index contributed by atoms with van der Waals surface area (Å²) in [5.74, 6) is 0.360. The Morgan fingerprint density at radius 2 is 1.79 bits per heavy atom. The number of ether oxygens (including phenoxy) is 1. The zero-order valence-corrected chi connectivity index (χ0v) is 19.2. The van der Waals surface area contributed by atoms with Crippen LogP contribution in [0.4, 0.5) is 0 Å². The summed E-state index contributed by atoms with van der Waals surface area (Å²) in [4.78, 5) is 27.0. The Hall–Kier alpha value is -4.39. The first-order chi connectivity index (χ1) is 16.5. The first kappa shape index (κ1) is 21.5. The maximum absolute atomic E-state index is 13.6. The molecule has 5 aromatic rings. The number of para-hydroxylation sites is 1. The number of amides is 1. The van der Waals surface area contributed by atoms with Gasteiger partial charge in [-0.15, -0.1) is 0 Å². The Labute approximate surface area is 196 Å². The van der Waals surface area contributed by atoms with E-state index in [4.69, 9.17) is 4.74 Å². The van der Waals surface area contributed by atoms with Gasteiger partial charge in [-0.2, -0.15) is 9.78 Å².